The number of allylic oxidation sites excluding steroid dienone is 1. The molecule has 0 rings (SSSR count). The lowest BCUT2D eigenvalue weighted by Gasteiger charge is -2.20. The molecule has 0 bridgehead atoms. The van der Waals surface area contributed by atoms with Gasteiger partial charge in [0.1, 0.15) is 0 Å². The summed E-state index contributed by atoms with van der Waals surface area (Å²) in [6, 6.07) is -0.644. The Bertz CT molecular complexity index is 939. The zero-order chi connectivity index (χ0) is 45.8. The standard InChI is InChI=1S/C57H111NO5/c1-3-5-7-9-11-13-15-17-19-21-22-24-25-27-29-33-37-41-45-49-55(60)54(53-59)58-56(61)50-46-42-38-34-31-32-36-40-44-48-52-63-57(62)51-47-43-39-35-30-28-26-23-20-18-16-14-12-10-8-6-4-2/h45,49,54-55,59-60H,3-44,46-48,50-53H2,1-2H3,(H,58,61)/b49-45+. The molecule has 374 valence electrons. The second-order valence-electron chi connectivity index (χ2n) is 19.6. The van der Waals surface area contributed by atoms with E-state index >= 15 is 0 Å². The van der Waals surface area contributed by atoms with Gasteiger partial charge in [0.15, 0.2) is 0 Å². The molecule has 0 aliphatic carbocycles. The summed E-state index contributed by atoms with van der Waals surface area (Å²) in [5.41, 5.74) is 0. The first-order chi connectivity index (χ1) is 31.0. The summed E-state index contributed by atoms with van der Waals surface area (Å²) in [5, 5.41) is 23.1. The van der Waals surface area contributed by atoms with Crippen LogP contribution in [0.25, 0.3) is 0 Å². The van der Waals surface area contributed by atoms with E-state index in [1.807, 2.05) is 6.08 Å². The van der Waals surface area contributed by atoms with Crippen LogP contribution in [0.5, 0.6) is 0 Å². The van der Waals surface area contributed by atoms with Gasteiger partial charge in [0, 0.05) is 12.8 Å². The molecule has 0 aromatic heterocycles. The van der Waals surface area contributed by atoms with Crippen molar-refractivity contribution in [1.82, 2.24) is 5.32 Å². The quantitative estimate of drug-likeness (QED) is 0.0321. The van der Waals surface area contributed by atoms with Gasteiger partial charge < -0.3 is 20.3 Å². The van der Waals surface area contributed by atoms with Crippen molar-refractivity contribution in [3.05, 3.63) is 12.2 Å². The molecule has 0 spiro atoms. The van der Waals surface area contributed by atoms with E-state index in [0.717, 1.165) is 57.8 Å². The van der Waals surface area contributed by atoms with Crippen LogP contribution in [0.1, 0.15) is 316 Å². The molecule has 0 aliphatic heterocycles. The maximum absolute atomic E-state index is 12.5. The highest BCUT2D eigenvalue weighted by molar-refractivity contribution is 5.76. The zero-order valence-corrected chi connectivity index (χ0v) is 42.6. The van der Waals surface area contributed by atoms with Gasteiger partial charge in [-0.1, -0.05) is 283 Å². The minimum absolute atomic E-state index is 0.0161. The lowest BCUT2D eigenvalue weighted by molar-refractivity contribution is -0.143. The van der Waals surface area contributed by atoms with Crippen LogP contribution in [0.4, 0.5) is 0 Å². The maximum Gasteiger partial charge on any atom is 0.305 e. The van der Waals surface area contributed by atoms with E-state index in [1.54, 1.807) is 6.08 Å². The summed E-state index contributed by atoms with van der Waals surface area (Å²) in [5.74, 6) is -0.103. The summed E-state index contributed by atoms with van der Waals surface area (Å²) in [4.78, 5) is 24.5. The van der Waals surface area contributed by atoms with E-state index in [1.165, 1.54) is 231 Å². The Balaban J connectivity index is 3.48. The molecule has 0 fully saturated rings. The first-order valence-electron chi connectivity index (χ1n) is 28.5. The molecule has 6 heteroatoms. The number of aliphatic hydroxyl groups is 2. The summed E-state index contributed by atoms with van der Waals surface area (Å²) >= 11 is 0. The predicted molar refractivity (Wildman–Crippen MR) is 273 cm³/mol. The van der Waals surface area contributed by atoms with E-state index in [0.29, 0.717) is 19.4 Å². The number of carbonyl (C=O) groups excluding carboxylic acids is 2. The molecule has 2 unspecified atom stereocenters. The number of unbranched alkanes of at least 4 members (excludes halogenated alkanes) is 42. The molecule has 0 heterocycles. The number of nitrogens with one attached hydrogen (secondary N) is 1. The van der Waals surface area contributed by atoms with Crippen LogP contribution in [0, 0.1) is 0 Å². The second-order valence-corrected chi connectivity index (χ2v) is 19.6. The van der Waals surface area contributed by atoms with Crippen LogP contribution < -0.4 is 5.32 Å². The fourth-order valence-electron chi connectivity index (χ4n) is 8.93. The van der Waals surface area contributed by atoms with Crippen LogP contribution >= 0.6 is 0 Å². The fourth-order valence-corrected chi connectivity index (χ4v) is 8.93. The number of hydrogen-bond acceptors (Lipinski definition) is 5. The van der Waals surface area contributed by atoms with Crippen molar-refractivity contribution in [2.75, 3.05) is 13.2 Å². The van der Waals surface area contributed by atoms with E-state index in [-0.39, 0.29) is 18.5 Å². The Labute approximate surface area is 393 Å². The average Bonchev–Trinajstić information content (AvgIpc) is 3.28. The number of rotatable bonds is 53. The molecule has 2 atom stereocenters. The van der Waals surface area contributed by atoms with Crippen molar-refractivity contribution in [2.45, 2.75) is 328 Å². The van der Waals surface area contributed by atoms with Gasteiger partial charge in [0.2, 0.25) is 5.91 Å². The smallest absolute Gasteiger partial charge is 0.305 e. The number of aliphatic hydroxyl groups excluding tert-OH is 2. The van der Waals surface area contributed by atoms with Gasteiger partial charge in [-0.2, -0.15) is 0 Å². The van der Waals surface area contributed by atoms with Gasteiger partial charge in [-0.15, -0.1) is 0 Å². The third kappa shape index (κ3) is 49.9. The summed E-state index contributed by atoms with van der Waals surface area (Å²) in [6.45, 7) is 4.88. The average molecular weight is 891 g/mol. The Hall–Kier alpha value is -1.40. The fraction of sp³-hybridized carbons (Fsp3) is 0.930. The van der Waals surface area contributed by atoms with Gasteiger partial charge in [0.25, 0.3) is 0 Å². The first-order valence-corrected chi connectivity index (χ1v) is 28.5. The predicted octanol–water partition coefficient (Wildman–Crippen LogP) is 17.3. The number of hydrogen-bond donors (Lipinski definition) is 3. The molecule has 1 amide bonds. The SMILES string of the molecule is CCCCCCCCCCCCCCCCCCC/C=C/C(O)C(CO)NC(=O)CCCCCCCCCCCCOC(=O)CCCCCCCCCCCCCCCCCCC. The van der Waals surface area contributed by atoms with Gasteiger partial charge in [-0.3, -0.25) is 9.59 Å². The van der Waals surface area contributed by atoms with E-state index in [2.05, 4.69) is 19.2 Å². The second kappa shape index (κ2) is 53.2. The van der Waals surface area contributed by atoms with Crippen molar-refractivity contribution in [2.24, 2.45) is 0 Å². The topological polar surface area (TPSA) is 95.9 Å². The molecule has 3 N–H and O–H groups in total. The molecule has 0 saturated heterocycles. The number of ether oxygens (including phenoxy) is 1. The third-order valence-corrected chi connectivity index (χ3v) is 13.3. The van der Waals surface area contributed by atoms with Crippen LogP contribution in [-0.2, 0) is 14.3 Å². The van der Waals surface area contributed by atoms with Crippen LogP contribution in [0.3, 0.4) is 0 Å². The van der Waals surface area contributed by atoms with Crippen molar-refractivity contribution < 1.29 is 24.5 Å². The first kappa shape index (κ1) is 61.6. The molecule has 63 heavy (non-hydrogen) atoms. The monoisotopic (exact) mass is 890 g/mol. The number of carbonyl (C=O) groups is 2. The Morgan fingerprint density at radius 3 is 1.08 bits per heavy atom. The molecule has 0 aliphatic rings. The Morgan fingerprint density at radius 2 is 0.730 bits per heavy atom. The summed E-state index contributed by atoms with van der Waals surface area (Å²) < 4.78 is 5.47. The largest absolute Gasteiger partial charge is 0.466 e. The normalized spacial score (nSPS) is 12.6. The van der Waals surface area contributed by atoms with Crippen molar-refractivity contribution in [1.29, 1.82) is 0 Å². The summed E-state index contributed by atoms with van der Waals surface area (Å²) in [7, 11) is 0. The number of amides is 1. The molecular weight excluding hydrogens is 779 g/mol. The van der Waals surface area contributed by atoms with E-state index < -0.39 is 12.1 Å². The molecular formula is C57H111NO5. The molecule has 0 aromatic rings. The van der Waals surface area contributed by atoms with Crippen LogP contribution in [-0.4, -0.2) is 47.4 Å². The Kier molecular flexibility index (Phi) is 52.0. The van der Waals surface area contributed by atoms with Gasteiger partial charge in [-0.05, 0) is 32.1 Å². The summed E-state index contributed by atoms with van der Waals surface area (Å²) in [6.07, 6.45) is 62.2. The minimum Gasteiger partial charge on any atom is -0.466 e. The molecule has 0 radical (unpaired) electrons. The number of esters is 1. The van der Waals surface area contributed by atoms with E-state index in [4.69, 9.17) is 4.74 Å². The highest BCUT2D eigenvalue weighted by atomic mass is 16.5. The van der Waals surface area contributed by atoms with E-state index in [9.17, 15) is 19.8 Å². The van der Waals surface area contributed by atoms with Gasteiger partial charge in [-0.25, -0.2) is 0 Å². The Morgan fingerprint density at radius 1 is 0.429 bits per heavy atom. The molecule has 0 aromatic carbocycles. The van der Waals surface area contributed by atoms with Crippen molar-refractivity contribution in [3.8, 4) is 0 Å². The van der Waals surface area contributed by atoms with Gasteiger partial charge in [0.05, 0.1) is 25.4 Å². The highest BCUT2D eigenvalue weighted by Crippen LogP contribution is 2.17. The lowest BCUT2D eigenvalue weighted by atomic mass is 10.0. The molecule has 0 saturated carbocycles. The third-order valence-electron chi connectivity index (χ3n) is 13.3. The highest BCUT2D eigenvalue weighted by Gasteiger charge is 2.18. The van der Waals surface area contributed by atoms with Crippen molar-refractivity contribution >= 4 is 11.9 Å². The zero-order valence-electron chi connectivity index (χ0n) is 42.6. The molecule has 6 nitrogen and oxygen atoms in total. The van der Waals surface area contributed by atoms with Crippen LogP contribution in [0.15, 0.2) is 12.2 Å². The lowest BCUT2D eigenvalue weighted by Crippen LogP contribution is -2.45. The van der Waals surface area contributed by atoms with Crippen LogP contribution in [0.2, 0.25) is 0 Å². The van der Waals surface area contributed by atoms with Gasteiger partial charge >= 0.3 is 5.97 Å². The minimum atomic E-state index is -0.858. The maximum atomic E-state index is 12.5. The van der Waals surface area contributed by atoms with Crippen molar-refractivity contribution in [3.63, 3.8) is 0 Å².